The van der Waals surface area contributed by atoms with Gasteiger partial charge in [-0.2, -0.15) is 0 Å². The zero-order valence-electron chi connectivity index (χ0n) is 12.1. The summed E-state index contributed by atoms with van der Waals surface area (Å²) in [4.78, 5) is 22.9. The standard InChI is InChI=1S/C16H14BrNO4/c1-10-3-8-15(14(9-10)18(20)21)22-11(2)16(19)12-4-6-13(17)7-5-12/h3-9,11H,1-2H3/t11-/m1/s1. The summed E-state index contributed by atoms with van der Waals surface area (Å²) in [5.74, 6) is -0.143. The van der Waals surface area contributed by atoms with Crippen LogP contribution in [0.5, 0.6) is 5.75 Å². The van der Waals surface area contributed by atoms with E-state index in [2.05, 4.69) is 15.9 Å². The molecule has 2 aromatic rings. The molecule has 2 aromatic carbocycles. The average molecular weight is 364 g/mol. The first-order valence-electron chi connectivity index (χ1n) is 6.60. The van der Waals surface area contributed by atoms with Crippen molar-refractivity contribution in [3.05, 3.63) is 68.2 Å². The second-order valence-corrected chi connectivity index (χ2v) is 5.78. The molecular weight excluding hydrogens is 350 g/mol. The molecule has 0 heterocycles. The van der Waals surface area contributed by atoms with Crippen LogP contribution in [0.15, 0.2) is 46.9 Å². The molecule has 0 fully saturated rings. The van der Waals surface area contributed by atoms with Gasteiger partial charge in [0.25, 0.3) is 0 Å². The zero-order chi connectivity index (χ0) is 16.3. The van der Waals surface area contributed by atoms with Crippen molar-refractivity contribution in [1.82, 2.24) is 0 Å². The van der Waals surface area contributed by atoms with Gasteiger partial charge in [-0.25, -0.2) is 0 Å². The number of nitro groups is 1. The number of ketones is 1. The summed E-state index contributed by atoms with van der Waals surface area (Å²) in [5.41, 5.74) is 1.10. The van der Waals surface area contributed by atoms with E-state index in [0.717, 1.165) is 10.0 Å². The maximum absolute atomic E-state index is 12.3. The minimum Gasteiger partial charge on any atom is -0.475 e. The van der Waals surface area contributed by atoms with Crippen LogP contribution in [-0.2, 0) is 0 Å². The molecule has 0 amide bonds. The van der Waals surface area contributed by atoms with Gasteiger partial charge in [-0.05, 0) is 37.6 Å². The number of hydrogen-bond donors (Lipinski definition) is 0. The number of nitro benzene ring substituents is 1. The van der Waals surface area contributed by atoms with Crippen LogP contribution < -0.4 is 4.74 Å². The molecule has 0 aliphatic carbocycles. The Morgan fingerprint density at radius 3 is 2.45 bits per heavy atom. The van der Waals surface area contributed by atoms with Crippen molar-refractivity contribution in [3.8, 4) is 5.75 Å². The summed E-state index contributed by atoms with van der Waals surface area (Å²) < 4.78 is 6.37. The predicted octanol–water partition coefficient (Wildman–Crippen LogP) is 4.32. The van der Waals surface area contributed by atoms with E-state index in [1.165, 1.54) is 12.1 Å². The van der Waals surface area contributed by atoms with Gasteiger partial charge in [0.05, 0.1) is 4.92 Å². The van der Waals surface area contributed by atoms with E-state index >= 15 is 0 Å². The van der Waals surface area contributed by atoms with E-state index in [0.29, 0.717) is 5.56 Å². The summed E-state index contributed by atoms with van der Waals surface area (Å²) in [6, 6.07) is 11.5. The Labute approximate surface area is 136 Å². The molecule has 2 rings (SSSR count). The first kappa shape index (κ1) is 16.2. The zero-order valence-corrected chi connectivity index (χ0v) is 13.7. The molecule has 22 heavy (non-hydrogen) atoms. The van der Waals surface area contributed by atoms with Crippen molar-refractivity contribution < 1.29 is 14.5 Å². The number of halogens is 1. The van der Waals surface area contributed by atoms with Gasteiger partial charge in [-0.1, -0.05) is 34.1 Å². The fourth-order valence-corrected chi connectivity index (χ4v) is 2.23. The van der Waals surface area contributed by atoms with E-state index in [4.69, 9.17) is 4.74 Å². The normalized spacial score (nSPS) is 11.8. The van der Waals surface area contributed by atoms with Crippen molar-refractivity contribution in [3.63, 3.8) is 0 Å². The molecule has 114 valence electrons. The quantitative estimate of drug-likeness (QED) is 0.450. The lowest BCUT2D eigenvalue weighted by Crippen LogP contribution is -2.24. The Balaban J connectivity index is 2.21. The summed E-state index contributed by atoms with van der Waals surface area (Å²) in [7, 11) is 0. The Bertz CT molecular complexity index is 713. The number of benzene rings is 2. The van der Waals surface area contributed by atoms with Crippen molar-refractivity contribution in [2.75, 3.05) is 0 Å². The average Bonchev–Trinajstić information content (AvgIpc) is 2.48. The van der Waals surface area contributed by atoms with Gasteiger partial charge in [-0.3, -0.25) is 14.9 Å². The Hall–Kier alpha value is -2.21. The van der Waals surface area contributed by atoms with Crippen LogP contribution in [-0.4, -0.2) is 16.8 Å². The van der Waals surface area contributed by atoms with E-state index in [-0.39, 0.29) is 17.2 Å². The summed E-state index contributed by atoms with van der Waals surface area (Å²) in [6.45, 7) is 3.33. The van der Waals surface area contributed by atoms with Crippen LogP contribution >= 0.6 is 15.9 Å². The third-order valence-electron chi connectivity index (χ3n) is 3.11. The largest absolute Gasteiger partial charge is 0.475 e. The molecule has 0 aliphatic heterocycles. The Morgan fingerprint density at radius 2 is 1.86 bits per heavy atom. The summed E-state index contributed by atoms with van der Waals surface area (Å²) in [5, 5.41) is 11.1. The molecule has 0 spiro atoms. The molecule has 0 unspecified atom stereocenters. The SMILES string of the molecule is Cc1ccc(O[C@H](C)C(=O)c2ccc(Br)cc2)c([N+](=O)[O-])c1. The lowest BCUT2D eigenvalue weighted by Gasteiger charge is -2.14. The molecule has 1 atom stereocenters. The van der Waals surface area contributed by atoms with Crippen LogP contribution in [0.2, 0.25) is 0 Å². The Kier molecular flexibility index (Phi) is 4.92. The number of carbonyl (C=O) groups excluding carboxylic acids is 1. The monoisotopic (exact) mass is 363 g/mol. The van der Waals surface area contributed by atoms with E-state index in [1.54, 1.807) is 44.2 Å². The summed E-state index contributed by atoms with van der Waals surface area (Å²) in [6.07, 6.45) is -0.817. The predicted molar refractivity (Wildman–Crippen MR) is 86.4 cm³/mol. The van der Waals surface area contributed by atoms with Crippen molar-refractivity contribution in [1.29, 1.82) is 0 Å². The van der Waals surface area contributed by atoms with Crippen LogP contribution in [0.1, 0.15) is 22.8 Å². The smallest absolute Gasteiger partial charge is 0.311 e. The maximum Gasteiger partial charge on any atom is 0.311 e. The van der Waals surface area contributed by atoms with Crippen molar-refractivity contribution in [2.24, 2.45) is 0 Å². The molecule has 0 bridgehead atoms. The van der Waals surface area contributed by atoms with Gasteiger partial charge >= 0.3 is 5.69 Å². The van der Waals surface area contributed by atoms with Crippen LogP contribution in [0.3, 0.4) is 0 Å². The molecular formula is C16H14BrNO4. The molecule has 0 aliphatic rings. The number of Topliss-reactive ketones (excluding diaryl/α,β-unsaturated/α-hetero) is 1. The highest BCUT2D eigenvalue weighted by Gasteiger charge is 2.22. The highest BCUT2D eigenvalue weighted by Crippen LogP contribution is 2.29. The van der Waals surface area contributed by atoms with Crippen LogP contribution in [0.25, 0.3) is 0 Å². The molecule has 5 nitrogen and oxygen atoms in total. The van der Waals surface area contributed by atoms with Gasteiger partial charge in [-0.15, -0.1) is 0 Å². The molecule has 0 radical (unpaired) electrons. The molecule has 0 saturated carbocycles. The van der Waals surface area contributed by atoms with Gasteiger partial charge in [0.1, 0.15) is 0 Å². The molecule has 0 aromatic heterocycles. The molecule has 6 heteroatoms. The Morgan fingerprint density at radius 1 is 1.23 bits per heavy atom. The van der Waals surface area contributed by atoms with Crippen molar-refractivity contribution >= 4 is 27.4 Å². The first-order valence-corrected chi connectivity index (χ1v) is 7.39. The number of carbonyl (C=O) groups is 1. The second kappa shape index (κ2) is 6.70. The third-order valence-corrected chi connectivity index (χ3v) is 3.64. The highest BCUT2D eigenvalue weighted by atomic mass is 79.9. The first-order chi connectivity index (χ1) is 10.4. The minimum atomic E-state index is -0.817. The lowest BCUT2D eigenvalue weighted by atomic mass is 10.1. The molecule has 0 saturated heterocycles. The van der Waals surface area contributed by atoms with E-state index < -0.39 is 11.0 Å². The summed E-state index contributed by atoms with van der Waals surface area (Å²) >= 11 is 3.30. The fourth-order valence-electron chi connectivity index (χ4n) is 1.96. The van der Waals surface area contributed by atoms with Gasteiger partial charge < -0.3 is 4.74 Å². The topological polar surface area (TPSA) is 69.4 Å². The number of hydrogen-bond acceptors (Lipinski definition) is 4. The maximum atomic E-state index is 12.3. The third kappa shape index (κ3) is 3.71. The number of aryl methyl sites for hydroxylation is 1. The molecule has 0 N–H and O–H groups in total. The van der Waals surface area contributed by atoms with Gasteiger partial charge in [0, 0.05) is 16.1 Å². The van der Waals surface area contributed by atoms with Crippen LogP contribution in [0.4, 0.5) is 5.69 Å². The van der Waals surface area contributed by atoms with Gasteiger partial charge in [0.15, 0.2) is 11.9 Å². The number of nitrogens with zero attached hydrogens (tertiary/aromatic N) is 1. The second-order valence-electron chi connectivity index (χ2n) is 4.86. The van der Waals surface area contributed by atoms with Crippen LogP contribution in [0, 0.1) is 17.0 Å². The van der Waals surface area contributed by atoms with E-state index in [9.17, 15) is 14.9 Å². The van der Waals surface area contributed by atoms with E-state index in [1.807, 2.05) is 0 Å². The fraction of sp³-hybridized carbons (Fsp3) is 0.188. The lowest BCUT2D eigenvalue weighted by molar-refractivity contribution is -0.386. The highest BCUT2D eigenvalue weighted by molar-refractivity contribution is 9.10. The van der Waals surface area contributed by atoms with Gasteiger partial charge in [0.2, 0.25) is 5.78 Å². The number of rotatable bonds is 5. The van der Waals surface area contributed by atoms with Crippen molar-refractivity contribution in [2.45, 2.75) is 20.0 Å². The minimum absolute atomic E-state index is 0.0913. The number of ether oxygens (including phenoxy) is 1.